The van der Waals surface area contributed by atoms with Crippen LogP contribution in [-0.2, 0) is 23.2 Å². The van der Waals surface area contributed by atoms with Crippen molar-refractivity contribution in [1.82, 2.24) is 5.32 Å². The van der Waals surface area contributed by atoms with E-state index in [9.17, 15) is 15.0 Å². The van der Waals surface area contributed by atoms with Gasteiger partial charge in [-0.1, -0.05) is 45.9 Å². The third-order valence-corrected chi connectivity index (χ3v) is 8.42. The van der Waals surface area contributed by atoms with Crippen molar-refractivity contribution in [2.45, 2.75) is 64.6 Å². The maximum atomic E-state index is 13.2. The molecule has 2 aliphatic heterocycles. The molecular formula is C28H41N3O3+2. The second-order valence-corrected chi connectivity index (χ2v) is 11.1. The average molecular weight is 468 g/mol. The zero-order valence-electron chi connectivity index (χ0n) is 21.0. The average Bonchev–Trinajstić information content (AvgIpc) is 2.80. The maximum Gasteiger partial charge on any atom is 0.279 e. The number of fused-ring (bicyclic) bond motifs is 1. The number of amides is 1. The quantitative estimate of drug-likeness (QED) is 0.441. The lowest BCUT2D eigenvalue weighted by Crippen LogP contribution is -3.15. The van der Waals surface area contributed by atoms with Crippen LogP contribution >= 0.6 is 0 Å². The first-order valence-corrected chi connectivity index (χ1v) is 12.7. The van der Waals surface area contributed by atoms with E-state index in [0.717, 1.165) is 43.7 Å². The fraction of sp³-hybridized carbons (Fsp3) is 0.536. The zero-order valence-corrected chi connectivity index (χ0v) is 21.0. The van der Waals surface area contributed by atoms with Crippen molar-refractivity contribution in [3.05, 3.63) is 59.2 Å². The Balaban J connectivity index is 1.36. The lowest BCUT2D eigenvalue weighted by molar-refractivity contribution is -0.911. The summed E-state index contributed by atoms with van der Waals surface area (Å²) >= 11 is 0. The summed E-state index contributed by atoms with van der Waals surface area (Å²) in [5.74, 6) is 1.57. The number of carbonyl (C=O) groups is 1. The van der Waals surface area contributed by atoms with E-state index in [4.69, 9.17) is 0 Å². The summed E-state index contributed by atoms with van der Waals surface area (Å²) in [4.78, 5) is 14.7. The monoisotopic (exact) mass is 467 g/mol. The maximum absolute atomic E-state index is 13.2. The Labute approximate surface area is 203 Å². The van der Waals surface area contributed by atoms with Crippen LogP contribution in [0.15, 0.2) is 42.5 Å². The summed E-state index contributed by atoms with van der Waals surface area (Å²) in [6.45, 7) is 12.8. The van der Waals surface area contributed by atoms with E-state index in [0.29, 0.717) is 24.0 Å². The zero-order chi connectivity index (χ0) is 24.5. The molecule has 0 aromatic heterocycles. The minimum atomic E-state index is -0.123. The lowest BCUT2D eigenvalue weighted by Gasteiger charge is -2.44. The summed E-state index contributed by atoms with van der Waals surface area (Å²) in [6.07, 6.45) is 1.76. The topological polar surface area (TPSA) is 90.6 Å². The third kappa shape index (κ3) is 5.23. The van der Waals surface area contributed by atoms with Gasteiger partial charge in [0.25, 0.3) is 5.91 Å². The third-order valence-electron chi connectivity index (χ3n) is 8.42. The van der Waals surface area contributed by atoms with E-state index in [1.807, 2.05) is 24.3 Å². The van der Waals surface area contributed by atoms with Crippen molar-refractivity contribution in [1.29, 1.82) is 0 Å². The molecule has 0 bridgehead atoms. The van der Waals surface area contributed by atoms with Crippen molar-refractivity contribution in [3.8, 4) is 11.5 Å². The van der Waals surface area contributed by atoms with Crippen molar-refractivity contribution >= 4 is 5.91 Å². The highest BCUT2D eigenvalue weighted by Crippen LogP contribution is 2.37. The lowest BCUT2D eigenvalue weighted by atomic mass is 9.68. The number of hydrogen-bond donors (Lipinski definition) is 5. The number of phenols is 2. The SMILES string of the molecule is CC(C)[C@@H](C[NH+]1CC[C@@](C)(c2cccc(O)c2)[C@@H](C)C1)NC(=O)[C@H]1Cc2ccc(O)cc2C[NH2+]1. The molecule has 6 nitrogen and oxygen atoms in total. The van der Waals surface area contributed by atoms with Gasteiger partial charge in [0.1, 0.15) is 18.0 Å². The molecule has 0 aliphatic carbocycles. The Morgan fingerprint density at radius 1 is 1.18 bits per heavy atom. The van der Waals surface area contributed by atoms with Gasteiger partial charge in [0, 0.05) is 29.7 Å². The highest BCUT2D eigenvalue weighted by atomic mass is 16.3. The number of hydrogen-bond acceptors (Lipinski definition) is 3. The van der Waals surface area contributed by atoms with Gasteiger partial charge in [0.05, 0.1) is 25.7 Å². The fourth-order valence-electron chi connectivity index (χ4n) is 5.76. The van der Waals surface area contributed by atoms with Crippen molar-refractivity contribution < 1.29 is 25.2 Å². The summed E-state index contributed by atoms with van der Waals surface area (Å²) < 4.78 is 0. The van der Waals surface area contributed by atoms with E-state index in [1.54, 1.807) is 12.1 Å². The molecule has 1 unspecified atom stereocenters. The number of likely N-dealkylation sites (tertiary alicyclic amines) is 1. The van der Waals surface area contributed by atoms with Crippen molar-refractivity contribution in [2.24, 2.45) is 11.8 Å². The predicted octanol–water partition coefficient (Wildman–Crippen LogP) is 1.11. The minimum Gasteiger partial charge on any atom is -0.508 e. The molecule has 2 heterocycles. The first-order chi connectivity index (χ1) is 16.2. The number of phenolic OH excluding ortho intramolecular Hbond substituents is 2. The predicted molar refractivity (Wildman–Crippen MR) is 133 cm³/mol. The van der Waals surface area contributed by atoms with Gasteiger partial charge in [0.2, 0.25) is 0 Å². The Morgan fingerprint density at radius 2 is 1.94 bits per heavy atom. The van der Waals surface area contributed by atoms with Crippen LogP contribution in [0.4, 0.5) is 0 Å². The van der Waals surface area contributed by atoms with Crippen LogP contribution in [0.3, 0.4) is 0 Å². The first kappa shape index (κ1) is 24.6. The van der Waals surface area contributed by atoms with Gasteiger partial charge in [-0.15, -0.1) is 0 Å². The Morgan fingerprint density at radius 3 is 2.65 bits per heavy atom. The molecule has 34 heavy (non-hydrogen) atoms. The molecule has 184 valence electrons. The molecule has 6 heteroatoms. The number of piperidine rings is 1. The Hall–Kier alpha value is -2.57. The molecule has 0 spiro atoms. The van der Waals surface area contributed by atoms with Gasteiger partial charge < -0.3 is 25.7 Å². The molecule has 1 saturated heterocycles. The molecule has 6 N–H and O–H groups in total. The van der Waals surface area contributed by atoms with E-state index in [-0.39, 0.29) is 29.2 Å². The van der Waals surface area contributed by atoms with E-state index >= 15 is 0 Å². The van der Waals surface area contributed by atoms with Crippen molar-refractivity contribution in [2.75, 3.05) is 19.6 Å². The smallest absolute Gasteiger partial charge is 0.279 e. The normalized spacial score (nSPS) is 27.7. The van der Waals surface area contributed by atoms with Crippen LogP contribution in [-0.4, -0.2) is 47.8 Å². The van der Waals surface area contributed by atoms with E-state index in [2.05, 4.69) is 44.4 Å². The molecule has 5 atom stereocenters. The fourth-order valence-corrected chi connectivity index (χ4v) is 5.76. The highest BCUT2D eigenvalue weighted by Gasteiger charge is 2.41. The molecule has 2 aromatic carbocycles. The van der Waals surface area contributed by atoms with Crippen molar-refractivity contribution in [3.63, 3.8) is 0 Å². The number of nitrogens with one attached hydrogen (secondary N) is 2. The van der Waals surface area contributed by atoms with Gasteiger partial charge in [-0.25, -0.2) is 0 Å². The molecular weight excluding hydrogens is 426 g/mol. The van der Waals surface area contributed by atoms with E-state index in [1.165, 1.54) is 10.5 Å². The van der Waals surface area contributed by atoms with Gasteiger partial charge >= 0.3 is 0 Å². The second kappa shape index (κ2) is 9.96. The van der Waals surface area contributed by atoms with Crippen LogP contribution in [0.5, 0.6) is 11.5 Å². The van der Waals surface area contributed by atoms with Crippen LogP contribution < -0.4 is 15.5 Å². The standard InChI is InChI=1S/C28H39N3O3/c1-18(2)26(30-27(34)25-13-20-8-9-24(33)12-21(20)15-29-25)17-31-11-10-28(4,19(3)16-31)22-6-5-7-23(32)14-22/h5-9,12,14,18-19,25-26,29,32-33H,10-11,13,15-17H2,1-4H3,(H,30,34)/p+2/t19-,25+,26+,28+/m0/s1. The molecule has 0 saturated carbocycles. The van der Waals surface area contributed by atoms with Gasteiger partial charge in [-0.05, 0) is 41.3 Å². The van der Waals surface area contributed by atoms with E-state index < -0.39 is 0 Å². The number of nitrogens with two attached hydrogens (primary N) is 1. The highest BCUT2D eigenvalue weighted by molar-refractivity contribution is 5.81. The molecule has 2 aliphatic rings. The van der Waals surface area contributed by atoms with Gasteiger partial charge in [-0.2, -0.15) is 0 Å². The largest absolute Gasteiger partial charge is 0.508 e. The Bertz CT molecular complexity index is 1020. The summed E-state index contributed by atoms with van der Waals surface area (Å²) in [6, 6.07) is 13.2. The minimum absolute atomic E-state index is 0.0533. The van der Waals surface area contributed by atoms with Gasteiger partial charge in [-0.3, -0.25) is 4.79 Å². The summed E-state index contributed by atoms with van der Waals surface area (Å²) in [5, 5.41) is 25.2. The number of benzene rings is 2. The first-order valence-electron chi connectivity index (χ1n) is 12.7. The molecule has 1 fully saturated rings. The molecule has 2 aromatic rings. The van der Waals surface area contributed by atoms with Crippen LogP contribution in [0.2, 0.25) is 0 Å². The number of rotatable bonds is 6. The number of carbonyl (C=O) groups excluding carboxylic acids is 1. The second-order valence-electron chi connectivity index (χ2n) is 11.1. The summed E-state index contributed by atoms with van der Waals surface area (Å²) in [7, 11) is 0. The number of aromatic hydroxyl groups is 2. The molecule has 1 amide bonds. The number of quaternary nitrogens is 2. The molecule has 4 rings (SSSR count). The summed E-state index contributed by atoms with van der Waals surface area (Å²) in [5.41, 5.74) is 3.54. The van der Waals surface area contributed by atoms with Crippen LogP contribution in [0.1, 0.15) is 50.8 Å². The van der Waals surface area contributed by atoms with Crippen LogP contribution in [0, 0.1) is 11.8 Å². The van der Waals surface area contributed by atoms with Crippen LogP contribution in [0.25, 0.3) is 0 Å². The Kier molecular flexibility index (Phi) is 7.20. The van der Waals surface area contributed by atoms with Gasteiger partial charge in [0.15, 0.2) is 6.04 Å². The molecule has 0 radical (unpaired) electrons.